The van der Waals surface area contributed by atoms with Crippen molar-refractivity contribution in [1.29, 1.82) is 0 Å². The van der Waals surface area contributed by atoms with Crippen LogP contribution in [0.1, 0.15) is 45.1 Å². The molecule has 1 heterocycles. The average molecular weight is 512 g/mol. The number of amides is 2. The van der Waals surface area contributed by atoms with Crippen molar-refractivity contribution < 1.29 is 37.8 Å². The fraction of sp³-hybridized carbons (Fsp3) is 0.565. The number of aliphatic carboxylic acids is 2. The van der Waals surface area contributed by atoms with Crippen molar-refractivity contribution in [3.63, 3.8) is 0 Å². The van der Waals surface area contributed by atoms with Gasteiger partial charge in [-0.3, -0.25) is 14.4 Å². The number of nitrogens with zero attached hydrogens (tertiary/aromatic N) is 1. The SMILES string of the molecule is CCC(C)[C@H](NS(=O)(=O)c1ccc(C)cc1)C(=O)N1CCC(C(=O)N[C@@H](CC(=O)O)C(=O)O)CC1. The van der Waals surface area contributed by atoms with E-state index in [4.69, 9.17) is 10.2 Å². The quantitative estimate of drug-likeness (QED) is 0.340. The van der Waals surface area contributed by atoms with Crippen LogP contribution in [0.15, 0.2) is 29.2 Å². The van der Waals surface area contributed by atoms with Crippen molar-refractivity contribution in [3.05, 3.63) is 29.8 Å². The third-order valence-corrected chi connectivity index (χ3v) is 7.72. The summed E-state index contributed by atoms with van der Waals surface area (Å²) in [5.41, 5.74) is 0.906. The van der Waals surface area contributed by atoms with Gasteiger partial charge in [-0.05, 0) is 37.8 Å². The van der Waals surface area contributed by atoms with Crippen molar-refractivity contribution in [2.24, 2.45) is 11.8 Å². The van der Waals surface area contributed by atoms with E-state index in [2.05, 4.69) is 10.0 Å². The van der Waals surface area contributed by atoms with E-state index in [9.17, 15) is 27.6 Å². The average Bonchev–Trinajstić information content (AvgIpc) is 2.81. The molecule has 1 aromatic carbocycles. The highest BCUT2D eigenvalue weighted by molar-refractivity contribution is 7.89. The van der Waals surface area contributed by atoms with Gasteiger partial charge in [-0.25, -0.2) is 13.2 Å². The molecule has 1 saturated heterocycles. The second-order valence-electron chi connectivity index (χ2n) is 8.89. The Bertz CT molecular complexity index is 1030. The van der Waals surface area contributed by atoms with Crippen LogP contribution in [-0.2, 0) is 29.2 Å². The lowest BCUT2D eigenvalue weighted by atomic mass is 9.93. The molecule has 35 heavy (non-hydrogen) atoms. The van der Waals surface area contributed by atoms with Crippen LogP contribution in [-0.4, -0.2) is 72.5 Å². The molecular weight excluding hydrogens is 478 g/mol. The predicted octanol–water partition coefficient (Wildman–Crippen LogP) is 0.971. The second kappa shape index (κ2) is 12.1. The Hall–Kier alpha value is -2.99. The maximum Gasteiger partial charge on any atom is 0.326 e. The summed E-state index contributed by atoms with van der Waals surface area (Å²) in [6.45, 7) is 5.86. The summed E-state index contributed by atoms with van der Waals surface area (Å²) < 4.78 is 28.4. The molecule has 0 aliphatic carbocycles. The van der Waals surface area contributed by atoms with Gasteiger partial charge in [0.25, 0.3) is 0 Å². The standard InChI is InChI=1S/C23H33N3O8S/c1-4-15(3)20(25-35(33,34)17-7-5-14(2)6-8-17)22(30)26-11-9-16(10-12-26)21(29)24-18(23(31)32)13-19(27)28/h5-8,15-16,18,20,25H,4,9-13H2,1-3H3,(H,24,29)(H,27,28)(H,31,32)/t15?,18-,20-/m0/s1. The number of piperidine rings is 1. The summed E-state index contributed by atoms with van der Waals surface area (Å²) in [6, 6.07) is 3.80. The normalized spacial score (nSPS) is 17.3. The van der Waals surface area contributed by atoms with Gasteiger partial charge in [0.05, 0.1) is 11.3 Å². The van der Waals surface area contributed by atoms with E-state index < -0.39 is 52.3 Å². The Morgan fingerprint density at radius 1 is 1.09 bits per heavy atom. The monoisotopic (exact) mass is 511 g/mol. The molecule has 0 bridgehead atoms. The summed E-state index contributed by atoms with van der Waals surface area (Å²) in [6.07, 6.45) is 0.311. The molecule has 1 fully saturated rings. The predicted molar refractivity (Wildman–Crippen MR) is 126 cm³/mol. The van der Waals surface area contributed by atoms with Gasteiger partial charge in [0.2, 0.25) is 21.8 Å². The van der Waals surface area contributed by atoms with Gasteiger partial charge >= 0.3 is 11.9 Å². The zero-order valence-electron chi connectivity index (χ0n) is 20.1. The topological polar surface area (TPSA) is 170 Å². The minimum atomic E-state index is -3.94. The number of likely N-dealkylation sites (tertiary alicyclic amines) is 1. The molecule has 4 N–H and O–H groups in total. The third-order valence-electron chi connectivity index (χ3n) is 6.26. The molecule has 0 spiro atoms. The Kier molecular flexibility index (Phi) is 9.78. The molecule has 12 heteroatoms. The molecule has 1 aromatic rings. The largest absolute Gasteiger partial charge is 0.481 e. The number of sulfonamides is 1. The van der Waals surface area contributed by atoms with Gasteiger partial charge in [-0.2, -0.15) is 4.72 Å². The van der Waals surface area contributed by atoms with E-state index in [1.54, 1.807) is 19.1 Å². The molecular formula is C23H33N3O8S. The number of nitrogens with one attached hydrogen (secondary N) is 2. The van der Waals surface area contributed by atoms with Gasteiger partial charge in [-0.15, -0.1) is 0 Å². The summed E-state index contributed by atoms with van der Waals surface area (Å²) >= 11 is 0. The minimum Gasteiger partial charge on any atom is -0.481 e. The van der Waals surface area contributed by atoms with Gasteiger partial charge in [-0.1, -0.05) is 38.0 Å². The number of rotatable bonds is 11. The van der Waals surface area contributed by atoms with Crippen molar-refractivity contribution in [2.45, 2.75) is 63.4 Å². The van der Waals surface area contributed by atoms with Crippen LogP contribution >= 0.6 is 0 Å². The van der Waals surface area contributed by atoms with Crippen molar-refractivity contribution in [1.82, 2.24) is 14.9 Å². The first-order valence-electron chi connectivity index (χ1n) is 11.5. The van der Waals surface area contributed by atoms with E-state index in [1.807, 2.05) is 13.8 Å². The lowest BCUT2D eigenvalue weighted by molar-refractivity contribution is -0.148. The Morgan fingerprint density at radius 3 is 2.14 bits per heavy atom. The van der Waals surface area contributed by atoms with E-state index in [0.717, 1.165) is 5.56 Å². The van der Waals surface area contributed by atoms with E-state index >= 15 is 0 Å². The summed E-state index contributed by atoms with van der Waals surface area (Å²) in [4.78, 5) is 49.4. The van der Waals surface area contributed by atoms with Crippen LogP contribution < -0.4 is 10.0 Å². The molecule has 2 rings (SSSR count). The summed E-state index contributed by atoms with van der Waals surface area (Å²) in [5, 5.41) is 20.2. The molecule has 0 saturated carbocycles. The van der Waals surface area contributed by atoms with Crippen LogP contribution in [0.4, 0.5) is 0 Å². The van der Waals surface area contributed by atoms with Crippen LogP contribution in [0.3, 0.4) is 0 Å². The van der Waals surface area contributed by atoms with Gasteiger partial charge in [0.15, 0.2) is 0 Å². The fourth-order valence-electron chi connectivity index (χ4n) is 3.82. The van der Waals surface area contributed by atoms with Crippen molar-refractivity contribution in [3.8, 4) is 0 Å². The Labute approximate surface area is 204 Å². The number of carbonyl (C=O) groups excluding carboxylic acids is 2. The number of benzene rings is 1. The zero-order valence-corrected chi connectivity index (χ0v) is 20.9. The molecule has 2 amide bonds. The number of carbonyl (C=O) groups is 4. The summed E-state index contributed by atoms with van der Waals surface area (Å²) in [5.74, 6) is -4.61. The molecule has 194 valence electrons. The molecule has 0 radical (unpaired) electrons. The third kappa shape index (κ3) is 7.76. The van der Waals surface area contributed by atoms with Crippen molar-refractivity contribution in [2.75, 3.05) is 13.1 Å². The van der Waals surface area contributed by atoms with Gasteiger partial charge in [0, 0.05) is 19.0 Å². The van der Waals surface area contributed by atoms with Crippen LogP contribution in [0.2, 0.25) is 0 Å². The van der Waals surface area contributed by atoms with E-state index in [1.165, 1.54) is 17.0 Å². The molecule has 1 aliphatic heterocycles. The highest BCUT2D eigenvalue weighted by atomic mass is 32.2. The summed E-state index contributed by atoms with van der Waals surface area (Å²) in [7, 11) is -3.94. The maximum atomic E-state index is 13.3. The van der Waals surface area contributed by atoms with E-state index in [-0.39, 0.29) is 42.7 Å². The molecule has 0 aromatic heterocycles. The number of aryl methyl sites for hydroxylation is 1. The fourth-order valence-corrected chi connectivity index (χ4v) is 5.12. The molecule has 11 nitrogen and oxygen atoms in total. The number of hydrogen-bond donors (Lipinski definition) is 4. The first-order valence-corrected chi connectivity index (χ1v) is 13.0. The number of carboxylic acids is 2. The lowest BCUT2D eigenvalue weighted by Crippen LogP contribution is -2.54. The Balaban J connectivity index is 2.05. The molecule has 1 unspecified atom stereocenters. The zero-order chi connectivity index (χ0) is 26.3. The molecule has 3 atom stereocenters. The first-order chi connectivity index (χ1) is 16.4. The van der Waals surface area contributed by atoms with Crippen LogP contribution in [0.25, 0.3) is 0 Å². The molecule has 1 aliphatic rings. The lowest BCUT2D eigenvalue weighted by Gasteiger charge is -2.35. The van der Waals surface area contributed by atoms with Crippen LogP contribution in [0.5, 0.6) is 0 Å². The van der Waals surface area contributed by atoms with E-state index in [0.29, 0.717) is 6.42 Å². The Morgan fingerprint density at radius 2 is 1.66 bits per heavy atom. The number of hydrogen-bond acceptors (Lipinski definition) is 6. The highest BCUT2D eigenvalue weighted by Gasteiger charge is 2.36. The minimum absolute atomic E-state index is 0.0638. The van der Waals surface area contributed by atoms with Gasteiger partial charge in [0.1, 0.15) is 12.1 Å². The van der Waals surface area contributed by atoms with Gasteiger partial charge < -0.3 is 20.4 Å². The van der Waals surface area contributed by atoms with Crippen LogP contribution in [0, 0.1) is 18.8 Å². The van der Waals surface area contributed by atoms with Crippen molar-refractivity contribution >= 4 is 33.8 Å². The smallest absolute Gasteiger partial charge is 0.326 e. The maximum absolute atomic E-state index is 13.3. The number of carboxylic acid groups (broad SMARTS) is 2. The highest BCUT2D eigenvalue weighted by Crippen LogP contribution is 2.22. The first kappa shape index (κ1) is 28.2. The second-order valence-corrected chi connectivity index (χ2v) is 10.6.